The second kappa shape index (κ2) is 10.7. The molecule has 1 aromatic rings. The fraction of sp³-hybridized carbons (Fsp3) is 0.609. The first-order valence-corrected chi connectivity index (χ1v) is 10.9. The molecular weight excluding hydrogens is 420 g/mol. The minimum absolute atomic E-state index is 0.0548. The lowest BCUT2D eigenvalue weighted by Gasteiger charge is -2.37. The van der Waals surface area contributed by atoms with Crippen LogP contribution in [0, 0.1) is 17.6 Å². The molecule has 0 radical (unpaired) electrons. The quantitative estimate of drug-likeness (QED) is 0.714. The van der Waals surface area contributed by atoms with E-state index in [0.717, 1.165) is 25.0 Å². The Hall–Kier alpha value is -2.71. The fourth-order valence-electron chi connectivity index (χ4n) is 3.57. The molecule has 3 amide bonds. The maximum atomic E-state index is 13.7. The first kappa shape index (κ1) is 25.5. The van der Waals surface area contributed by atoms with Crippen molar-refractivity contribution in [3.8, 4) is 0 Å². The van der Waals surface area contributed by atoms with Crippen LogP contribution >= 0.6 is 0 Å². The van der Waals surface area contributed by atoms with E-state index in [1.165, 1.54) is 0 Å². The molecule has 1 fully saturated rings. The number of hydrogen-bond donors (Lipinski definition) is 1. The molecule has 9 heteroatoms. The van der Waals surface area contributed by atoms with Gasteiger partial charge in [-0.05, 0) is 65.5 Å². The summed E-state index contributed by atoms with van der Waals surface area (Å²) >= 11 is 0. The van der Waals surface area contributed by atoms with Gasteiger partial charge in [0.1, 0.15) is 17.2 Å². The average Bonchev–Trinajstić information content (AvgIpc) is 2.68. The van der Waals surface area contributed by atoms with Crippen molar-refractivity contribution in [1.82, 2.24) is 15.1 Å². The average molecular weight is 454 g/mol. The molecule has 32 heavy (non-hydrogen) atoms. The van der Waals surface area contributed by atoms with Crippen molar-refractivity contribution in [2.45, 2.75) is 59.1 Å². The van der Waals surface area contributed by atoms with Gasteiger partial charge in [0, 0.05) is 31.7 Å². The number of amides is 3. The lowest BCUT2D eigenvalue weighted by atomic mass is 9.97. The molecule has 0 saturated carbocycles. The maximum Gasteiger partial charge on any atom is 0.410 e. The van der Waals surface area contributed by atoms with Crippen LogP contribution in [-0.2, 0) is 9.53 Å². The number of likely N-dealkylation sites (tertiary alicyclic amines) is 1. The highest BCUT2D eigenvalue weighted by Gasteiger charge is 2.30. The highest BCUT2D eigenvalue weighted by molar-refractivity contribution is 5.96. The number of benzene rings is 1. The smallest absolute Gasteiger partial charge is 0.410 e. The molecule has 0 bridgehead atoms. The zero-order valence-corrected chi connectivity index (χ0v) is 19.4. The number of ether oxygens (including phenoxy) is 1. The molecule has 1 aromatic carbocycles. The predicted molar refractivity (Wildman–Crippen MR) is 116 cm³/mol. The van der Waals surface area contributed by atoms with Gasteiger partial charge in [-0.25, -0.2) is 13.6 Å². The van der Waals surface area contributed by atoms with Gasteiger partial charge in [-0.15, -0.1) is 0 Å². The Bertz CT molecular complexity index is 839. The Kier molecular flexibility index (Phi) is 8.58. The molecule has 0 spiro atoms. The number of hydrogen-bond acceptors (Lipinski definition) is 4. The Balaban J connectivity index is 1.92. The number of carbonyl (C=O) groups excluding carboxylic acids is 3. The standard InChI is InChI=1S/C23H33F2N3O4/c1-15(2)28(22(31)32-23(3,4)5)14-16-7-6-10-27(13-16)20(29)12-26-21(30)18-9-8-17(24)11-19(18)25/h8-9,11,15-16H,6-7,10,12-14H2,1-5H3,(H,26,30). The van der Waals surface area contributed by atoms with Gasteiger partial charge in [-0.2, -0.15) is 0 Å². The normalized spacial score (nSPS) is 16.6. The summed E-state index contributed by atoms with van der Waals surface area (Å²) in [5.41, 5.74) is -0.915. The molecule has 0 aromatic heterocycles. The van der Waals surface area contributed by atoms with Crippen molar-refractivity contribution >= 4 is 17.9 Å². The van der Waals surface area contributed by atoms with Crippen LogP contribution in [0.5, 0.6) is 0 Å². The van der Waals surface area contributed by atoms with E-state index >= 15 is 0 Å². The van der Waals surface area contributed by atoms with Crippen LogP contribution in [0.3, 0.4) is 0 Å². The van der Waals surface area contributed by atoms with Gasteiger partial charge < -0.3 is 19.9 Å². The third kappa shape index (κ3) is 7.46. The van der Waals surface area contributed by atoms with Crippen LogP contribution in [0.2, 0.25) is 0 Å². The number of rotatable bonds is 6. The Morgan fingerprint density at radius 1 is 1.25 bits per heavy atom. The highest BCUT2D eigenvalue weighted by Crippen LogP contribution is 2.21. The molecular formula is C23H33F2N3O4. The molecule has 0 aliphatic carbocycles. The van der Waals surface area contributed by atoms with Gasteiger partial charge in [0.2, 0.25) is 5.91 Å². The topological polar surface area (TPSA) is 79.0 Å². The van der Waals surface area contributed by atoms with Crippen molar-refractivity contribution in [3.63, 3.8) is 0 Å². The molecule has 1 heterocycles. The zero-order chi connectivity index (χ0) is 24.1. The van der Waals surface area contributed by atoms with Gasteiger partial charge in [-0.3, -0.25) is 9.59 Å². The van der Waals surface area contributed by atoms with Crippen molar-refractivity contribution in [2.75, 3.05) is 26.2 Å². The molecule has 1 aliphatic rings. The fourth-order valence-corrected chi connectivity index (χ4v) is 3.57. The number of halogens is 2. The van der Waals surface area contributed by atoms with E-state index in [0.29, 0.717) is 25.7 Å². The molecule has 2 rings (SSSR count). The first-order valence-electron chi connectivity index (χ1n) is 10.9. The second-order valence-electron chi connectivity index (χ2n) is 9.38. The summed E-state index contributed by atoms with van der Waals surface area (Å²) in [5, 5.41) is 2.40. The number of piperidine rings is 1. The number of nitrogens with one attached hydrogen (secondary N) is 1. The molecule has 1 N–H and O–H groups in total. The zero-order valence-electron chi connectivity index (χ0n) is 19.4. The second-order valence-corrected chi connectivity index (χ2v) is 9.38. The van der Waals surface area contributed by atoms with Crippen molar-refractivity contribution in [3.05, 3.63) is 35.4 Å². The summed E-state index contributed by atoms with van der Waals surface area (Å²) < 4.78 is 32.3. The van der Waals surface area contributed by atoms with Gasteiger partial charge in [0.25, 0.3) is 5.91 Å². The van der Waals surface area contributed by atoms with E-state index in [1.54, 1.807) is 9.80 Å². The van der Waals surface area contributed by atoms with Crippen LogP contribution in [0.15, 0.2) is 18.2 Å². The van der Waals surface area contributed by atoms with Crippen LogP contribution in [0.25, 0.3) is 0 Å². The highest BCUT2D eigenvalue weighted by atomic mass is 19.1. The lowest BCUT2D eigenvalue weighted by Crippen LogP contribution is -2.49. The molecule has 1 unspecified atom stereocenters. The maximum absolute atomic E-state index is 13.7. The van der Waals surface area contributed by atoms with Gasteiger partial charge >= 0.3 is 6.09 Å². The Morgan fingerprint density at radius 3 is 2.53 bits per heavy atom. The molecule has 1 atom stereocenters. The summed E-state index contributed by atoms with van der Waals surface area (Å²) in [5.74, 6) is -2.76. The third-order valence-electron chi connectivity index (χ3n) is 5.15. The minimum atomic E-state index is -0.982. The van der Waals surface area contributed by atoms with E-state index < -0.39 is 23.1 Å². The summed E-state index contributed by atoms with van der Waals surface area (Å²) in [6.07, 6.45) is 1.25. The van der Waals surface area contributed by atoms with E-state index in [2.05, 4.69) is 5.32 Å². The molecule has 178 valence electrons. The van der Waals surface area contributed by atoms with Crippen LogP contribution in [-0.4, -0.2) is 65.5 Å². The van der Waals surface area contributed by atoms with E-state index in [4.69, 9.17) is 4.74 Å². The Morgan fingerprint density at radius 2 is 1.94 bits per heavy atom. The van der Waals surface area contributed by atoms with Crippen molar-refractivity contribution < 1.29 is 27.9 Å². The number of carbonyl (C=O) groups is 3. The summed E-state index contributed by atoms with van der Waals surface area (Å²) in [6.45, 7) is 10.4. The summed E-state index contributed by atoms with van der Waals surface area (Å²) in [7, 11) is 0. The van der Waals surface area contributed by atoms with Crippen LogP contribution in [0.4, 0.5) is 13.6 Å². The monoisotopic (exact) mass is 453 g/mol. The van der Waals surface area contributed by atoms with Crippen LogP contribution in [0.1, 0.15) is 57.8 Å². The SMILES string of the molecule is CC(C)N(CC1CCCN(C(=O)CNC(=O)c2ccc(F)cc2F)C1)C(=O)OC(C)(C)C. The predicted octanol–water partition coefficient (Wildman–Crippen LogP) is 3.58. The summed E-state index contributed by atoms with van der Waals surface area (Å²) in [6, 6.07) is 2.59. The lowest BCUT2D eigenvalue weighted by molar-refractivity contribution is -0.132. The minimum Gasteiger partial charge on any atom is -0.444 e. The molecule has 7 nitrogen and oxygen atoms in total. The van der Waals surface area contributed by atoms with Crippen LogP contribution < -0.4 is 5.32 Å². The summed E-state index contributed by atoms with van der Waals surface area (Å²) in [4.78, 5) is 40.6. The molecule has 1 saturated heterocycles. The largest absolute Gasteiger partial charge is 0.444 e. The molecule has 1 aliphatic heterocycles. The van der Waals surface area contributed by atoms with E-state index in [-0.39, 0.29) is 36.1 Å². The van der Waals surface area contributed by atoms with E-state index in [1.807, 2.05) is 34.6 Å². The van der Waals surface area contributed by atoms with E-state index in [9.17, 15) is 23.2 Å². The van der Waals surface area contributed by atoms with Gasteiger partial charge in [0.15, 0.2) is 0 Å². The third-order valence-corrected chi connectivity index (χ3v) is 5.15. The van der Waals surface area contributed by atoms with Gasteiger partial charge in [0.05, 0.1) is 12.1 Å². The first-order chi connectivity index (χ1) is 14.9. The number of nitrogens with zero attached hydrogens (tertiary/aromatic N) is 2. The van der Waals surface area contributed by atoms with Crippen molar-refractivity contribution in [1.29, 1.82) is 0 Å². The van der Waals surface area contributed by atoms with Crippen molar-refractivity contribution in [2.24, 2.45) is 5.92 Å². The Labute approximate surface area is 188 Å². The van der Waals surface area contributed by atoms with Gasteiger partial charge in [-0.1, -0.05) is 0 Å².